The number of carbonyl (C=O) groups excluding carboxylic acids is 2. The summed E-state index contributed by atoms with van der Waals surface area (Å²) in [6.45, 7) is 2.34. The zero-order valence-corrected chi connectivity index (χ0v) is 15.4. The van der Waals surface area contributed by atoms with E-state index < -0.39 is 0 Å². The maximum Gasteiger partial charge on any atom is 0.323 e. The molecule has 0 unspecified atom stereocenters. The van der Waals surface area contributed by atoms with Crippen molar-refractivity contribution in [2.24, 2.45) is 0 Å². The summed E-state index contributed by atoms with van der Waals surface area (Å²) in [6, 6.07) is 22.8. The van der Waals surface area contributed by atoms with Crippen LogP contribution in [0.5, 0.6) is 5.75 Å². The van der Waals surface area contributed by atoms with Gasteiger partial charge in [-0.2, -0.15) is 0 Å². The van der Waals surface area contributed by atoms with Gasteiger partial charge in [0.1, 0.15) is 5.75 Å². The highest BCUT2D eigenvalue weighted by Gasteiger charge is 2.12. The van der Waals surface area contributed by atoms with Gasteiger partial charge in [-0.1, -0.05) is 36.4 Å². The van der Waals surface area contributed by atoms with Gasteiger partial charge < -0.3 is 20.7 Å². The first-order valence-electron chi connectivity index (χ1n) is 8.92. The number of para-hydroxylation sites is 2. The number of amides is 3. The molecule has 3 rings (SSSR count). The highest BCUT2D eigenvalue weighted by Crippen LogP contribution is 2.21. The first-order chi connectivity index (χ1) is 13.7. The summed E-state index contributed by atoms with van der Waals surface area (Å²) in [7, 11) is 0. The van der Waals surface area contributed by atoms with E-state index in [0.29, 0.717) is 35.0 Å². The van der Waals surface area contributed by atoms with Crippen LogP contribution >= 0.6 is 0 Å². The van der Waals surface area contributed by atoms with Gasteiger partial charge in [-0.15, -0.1) is 0 Å². The molecule has 0 aliphatic carbocycles. The van der Waals surface area contributed by atoms with Crippen LogP contribution in [0.4, 0.5) is 21.9 Å². The van der Waals surface area contributed by atoms with Gasteiger partial charge in [-0.05, 0) is 49.4 Å². The highest BCUT2D eigenvalue weighted by atomic mass is 16.5. The van der Waals surface area contributed by atoms with E-state index in [9.17, 15) is 9.59 Å². The Hall–Kier alpha value is -3.80. The Labute approximate surface area is 163 Å². The molecule has 0 bridgehead atoms. The molecule has 0 radical (unpaired) electrons. The van der Waals surface area contributed by atoms with Crippen LogP contribution in [0.1, 0.15) is 17.3 Å². The molecule has 0 saturated heterocycles. The minimum atomic E-state index is -0.364. The lowest BCUT2D eigenvalue weighted by Crippen LogP contribution is -2.19. The topological polar surface area (TPSA) is 79.5 Å². The van der Waals surface area contributed by atoms with Gasteiger partial charge in [-0.3, -0.25) is 4.79 Å². The summed E-state index contributed by atoms with van der Waals surface area (Å²) in [5.41, 5.74) is 2.26. The van der Waals surface area contributed by atoms with Crippen LogP contribution in [0, 0.1) is 0 Å². The third-order valence-electron chi connectivity index (χ3n) is 3.84. The van der Waals surface area contributed by atoms with Crippen molar-refractivity contribution >= 4 is 29.0 Å². The molecule has 0 saturated carbocycles. The van der Waals surface area contributed by atoms with Gasteiger partial charge in [0, 0.05) is 17.1 Å². The lowest BCUT2D eigenvalue weighted by molar-refractivity contribution is 0.102. The lowest BCUT2D eigenvalue weighted by atomic mass is 10.2. The van der Waals surface area contributed by atoms with Crippen molar-refractivity contribution < 1.29 is 14.3 Å². The molecule has 0 atom stereocenters. The van der Waals surface area contributed by atoms with Crippen LogP contribution in [-0.4, -0.2) is 18.5 Å². The average molecular weight is 375 g/mol. The molecule has 0 aromatic heterocycles. The summed E-state index contributed by atoms with van der Waals surface area (Å²) in [4.78, 5) is 24.7. The van der Waals surface area contributed by atoms with Crippen molar-refractivity contribution in [2.75, 3.05) is 22.6 Å². The minimum Gasteiger partial charge on any atom is -0.493 e. The Balaban J connectivity index is 1.66. The summed E-state index contributed by atoms with van der Waals surface area (Å²) in [6.07, 6.45) is 0. The Morgan fingerprint density at radius 2 is 1.36 bits per heavy atom. The maximum atomic E-state index is 12.6. The number of ether oxygens (including phenoxy) is 1. The first kappa shape index (κ1) is 19.0. The fraction of sp³-hybridized carbons (Fsp3) is 0.0909. The van der Waals surface area contributed by atoms with Gasteiger partial charge >= 0.3 is 6.03 Å². The molecule has 3 amide bonds. The number of nitrogens with one attached hydrogen (secondary N) is 3. The fourth-order valence-electron chi connectivity index (χ4n) is 2.62. The second-order valence-electron chi connectivity index (χ2n) is 5.91. The Bertz CT molecular complexity index is 958. The van der Waals surface area contributed by atoms with E-state index in [1.807, 2.05) is 31.2 Å². The Morgan fingerprint density at radius 3 is 2.11 bits per heavy atom. The normalized spacial score (nSPS) is 10.0. The molecule has 0 aliphatic heterocycles. The fourth-order valence-corrected chi connectivity index (χ4v) is 2.62. The van der Waals surface area contributed by atoms with Gasteiger partial charge in [0.25, 0.3) is 5.91 Å². The van der Waals surface area contributed by atoms with Gasteiger partial charge in [0.15, 0.2) is 0 Å². The van der Waals surface area contributed by atoms with Crippen LogP contribution in [0.2, 0.25) is 0 Å². The predicted molar refractivity (Wildman–Crippen MR) is 111 cm³/mol. The largest absolute Gasteiger partial charge is 0.493 e. The molecule has 3 aromatic carbocycles. The second kappa shape index (κ2) is 9.23. The zero-order valence-electron chi connectivity index (χ0n) is 15.4. The smallest absolute Gasteiger partial charge is 0.323 e. The van der Waals surface area contributed by atoms with E-state index in [-0.39, 0.29) is 11.9 Å². The van der Waals surface area contributed by atoms with Crippen molar-refractivity contribution in [2.45, 2.75) is 6.92 Å². The third kappa shape index (κ3) is 5.11. The van der Waals surface area contributed by atoms with E-state index in [1.165, 1.54) is 0 Å². The molecule has 6 heteroatoms. The van der Waals surface area contributed by atoms with Gasteiger partial charge in [-0.25, -0.2) is 4.79 Å². The number of hydrogen-bond acceptors (Lipinski definition) is 3. The van der Waals surface area contributed by atoms with Crippen molar-refractivity contribution in [3.8, 4) is 5.75 Å². The number of carbonyl (C=O) groups is 2. The molecule has 0 spiro atoms. The quantitative estimate of drug-likeness (QED) is 0.568. The number of rotatable bonds is 6. The summed E-state index contributed by atoms with van der Waals surface area (Å²) in [5.74, 6) is 0.244. The summed E-state index contributed by atoms with van der Waals surface area (Å²) >= 11 is 0. The number of hydrogen-bond donors (Lipinski definition) is 3. The van der Waals surface area contributed by atoms with Crippen LogP contribution < -0.4 is 20.7 Å². The number of benzene rings is 3. The SMILES string of the molecule is CCOc1ccccc1C(=O)Nc1cccc(NC(=O)Nc2ccccc2)c1. The Kier molecular flexibility index (Phi) is 6.25. The van der Waals surface area contributed by atoms with Crippen LogP contribution in [-0.2, 0) is 0 Å². The monoisotopic (exact) mass is 375 g/mol. The molecular weight excluding hydrogens is 354 g/mol. The summed E-state index contributed by atoms with van der Waals surface area (Å²) in [5, 5.41) is 8.32. The van der Waals surface area contributed by atoms with Crippen molar-refractivity contribution in [3.63, 3.8) is 0 Å². The van der Waals surface area contributed by atoms with Crippen LogP contribution in [0.15, 0.2) is 78.9 Å². The lowest BCUT2D eigenvalue weighted by Gasteiger charge is -2.12. The standard InChI is InChI=1S/C22H21N3O3/c1-2-28-20-14-7-6-13-19(20)21(26)23-17-11-8-12-18(15-17)25-22(27)24-16-9-4-3-5-10-16/h3-15H,2H2,1H3,(H,23,26)(H2,24,25,27). The minimum absolute atomic E-state index is 0.282. The van der Waals surface area contributed by atoms with Crippen molar-refractivity contribution in [1.29, 1.82) is 0 Å². The molecule has 3 aromatic rings. The van der Waals surface area contributed by atoms with E-state index in [0.717, 1.165) is 0 Å². The molecule has 28 heavy (non-hydrogen) atoms. The summed E-state index contributed by atoms with van der Waals surface area (Å²) < 4.78 is 5.50. The molecule has 3 N–H and O–H groups in total. The third-order valence-corrected chi connectivity index (χ3v) is 3.84. The van der Waals surface area contributed by atoms with Crippen molar-refractivity contribution in [3.05, 3.63) is 84.4 Å². The zero-order chi connectivity index (χ0) is 19.8. The Morgan fingerprint density at radius 1 is 0.750 bits per heavy atom. The predicted octanol–water partition coefficient (Wildman–Crippen LogP) is 4.98. The molecular formula is C22H21N3O3. The number of anilines is 3. The van der Waals surface area contributed by atoms with Gasteiger partial charge in [0.2, 0.25) is 0 Å². The molecule has 0 heterocycles. The van der Waals surface area contributed by atoms with Gasteiger partial charge in [0.05, 0.1) is 12.2 Å². The van der Waals surface area contributed by atoms with E-state index in [2.05, 4.69) is 16.0 Å². The average Bonchev–Trinajstić information content (AvgIpc) is 2.69. The van der Waals surface area contributed by atoms with E-state index >= 15 is 0 Å². The highest BCUT2D eigenvalue weighted by molar-refractivity contribution is 6.06. The molecule has 6 nitrogen and oxygen atoms in total. The van der Waals surface area contributed by atoms with Crippen LogP contribution in [0.25, 0.3) is 0 Å². The van der Waals surface area contributed by atoms with E-state index in [4.69, 9.17) is 4.74 Å². The molecule has 142 valence electrons. The second-order valence-corrected chi connectivity index (χ2v) is 5.91. The van der Waals surface area contributed by atoms with Crippen LogP contribution in [0.3, 0.4) is 0 Å². The molecule has 0 aliphatic rings. The van der Waals surface area contributed by atoms with E-state index in [1.54, 1.807) is 54.6 Å². The van der Waals surface area contributed by atoms with Crippen molar-refractivity contribution in [1.82, 2.24) is 0 Å². The first-order valence-corrected chi connectivity index (χ1v) is 8.92. The number of urea groups is 1. The maximum absolute atomic E-state index is 12.6. The molecule has 0 fully saturated rings.